The summed E-state index contributed by atoms with van der Waals surface area (Å²) >= 11 is 0. The Balaban J connectivity index is 1.58. The molecule has 1 unspecified atom stereocenters. The van der Waals surface area contributed by atoms with Crippen molar-refractivity contribution in [3.8, 4) is 22.8 Å². The zero-order chi connectivity index (χ0) is 20.2. The molecule has 3 heterocycles. The molecule has 0 saturated carbocycles. The number of nitrogens with one attached hydrogen (secondary N) is 1. The maximum absolute atomic E-state index is 12.5. The normalized spacial score (nSPS) is 15.3. The van der Waals surface area contributed by atoms with Gasteiger partial charge in [0.2, 0.25) is 11.8 Å². The van der Waals surface area contributed by atoms with E-state index < -0.39 is 0 Å². The van der Waals surface area contributed by atoms with E-state index in [0.717, 1.165) is 28.1 Å². The molecule has 0 spiro atoms. The third kappa shape index (κ3) is 4.23. The number of carbonyl (C=O) groups is 1. The van der Waals surface area contributed by atoms with Crippen molar-refractivity contribution >= 4 is 5.91 Å². The standard InChI is InChI=1S/C22H23N3O4/c1-3-27-22-17(5-4-9-23-22)15-6-7-20-18(12-15)19(8-10-28-20)24-21(26)13-16-11-14(2)25-29-16/h4-7,9,11-12,19H,3,8,10,13H2,1-2H3,(H,24,26). The molecule has 0 bridgehead atoms. The molecule has 0 saturated heterocycles. The number of hydrogen-bond acceptors (Lipinski definition) is 6. The van der Waals surface area contributed by atoms with Crippen LogP contribution in [0.15, 0.2) is 47.1 Å². The van der Waals surface area contributed by atoms with Gasteiger partial charge in [-0.2, -0.15) is 0 Å². The van der Waals surface area contributed by atoms with E-state index in [2.05, 4.69) is 15.5 Å². The minimum Gasteiger partial charge on any atom is -0.493 e. The van der Waals surface area contributed by atoms with Gasteiger partial charge >= 0.3 is 0 Å². The molecule has 29 heavy (non-hydrogen) atoms. The lowest BCUT2D eigenvalue weighted by molar-refractivity contribution is -0.121. The number of aromatic nitrogens is 2. The predicted octanol–water partition coefficient (Wildman–Crippen LogP) is 3.63. The van der Waals surface area contributed by atoms with E-state index in [1.54, 1.807) is 12.3 Å². The van der Waals surface area contributed by atoms with Crippen molar-refractivity contribution in [3.63, 3.8) is 0 Å². The molecule has 150 valence electrons. The number of amides is 1. The minimum absolute atomic E-state index is 0.110. The fourth-order valence-corrected chi connectivity index (χ4v) is 3.48. The summed E-state index contributed by atoms with van der Waals surface area (Å²) in [5.41, 5.74) is 3.58. The lowest BCUT2D eigenvalue weighted by Crippen LogP contribution is -2.33. The number of nitrogens with zero attached hydrogens (tertiary/aromatic N) is 2. The molecule has 1 atom stereocenters. The van der Waals surface area contributed by atoms with Crippen LogP contribution in [0, 0.1) is 6.92 Å². The first-order valence-corrected chi connectivity index (χ1v) is 9.70. The first-order valence-electron chi connectivity index (χ1n) is 9.70. The summed E-state index contributed by atoms with van der Waals surface area (Å²) in [5.74, 6) is 1.81. The quantitative estimate of drug-likeness (QED) is 0.688. The number of hydrogen-bond donors (Lipinski definition) is 1. The molecule has 1 amide bonds. The van der Waals surface area contributed by atoms with Gasteiger partial charge in [-0.3, -0.25) is 4.79 Å². The van der Waals surface area contributed by atoms with Gasteiger partial charge in [0.1, 0.15) is 11.5 Å². The van der Waals surface area contributed by atoms with Crippen molar-refractivity contribution in [2.45, 2.75) is 32.7 Å². The molecule has 0 aliphatic carbocycles. The summed E-state index contributed by atoms with van der Waals surface area (Å²) in [4.78, 5) is 16.9. The van der Waals surface area contributed by atoms with E-state index in [1.807, 2.05) is 44.2 Å². The lowest BCUT2D eigenvalue weighted by Gasteiger charge is -2.27. The molecule has 0 fully saturated rings. The molecular weight excluding hydrogens is 370 g/mol. The van der Waals surface area contributed by atoms with Gasteiger partial charge < -0.3 is 19.3 Å². The zero-order valence-electron chi connectivity index (χ0n) is 16.5. The summed E-state index contributed by atoms with van der Waals surface area (Å²) in [5, 5.41) is 6.93. The Kier molecular flexibility index (Phi) is 5.46. The molecule has 7 heteroatoms. The van der Waals surface area contributed by atoms with Gasteiger partial charge in [0.05, 0.1) is 31.4 Å². The summed E-state index contributed by atoms with van der Waals surface area (Å²) < 4.78 is 16.6. The number of aryl methyl sites for hydroxylation is 1. The molecule has 4 rings (SSSR count). The van der Waals surface area contributed by atoms with Gasteiger partial charge in [-0.1, -0.05) is 11.2 Å². The third-order valence-electron chi connectivity index (χ3n) is 4.76. The van der Waals surface area contributed by atoms with Crippen LogP contribution < -0.4 is 14.8 Å². The van der Waals surface area contributed by atoms with Crippen molar-refractivity contribution in [1.29, 1.82) is 0 Å². The molecule has 7 nitrogen and oxygen atoms in total. The van der Waals surface area contributed by atoms with Gasteiger partial charge in [-0.15, -0.1) is 0 Å². The maximum Gasteiger partial charge on any atom is 0.228 e. The Morgan fingerprint density at radius 2 is 2.21 bits per heavy atom. The summed E-state index contributed by atoms with van der Waals surface area (Å²) in [7, 11) is 0. The van der Waals surface area contributed by atoms with Crippen LogP contribution in [-0.4, -0.2) is 29.3 Å². The Bertz CT molecular complexity index is 1010. The minimum atomic E-state index is -0.137. The summed E-state index contributed by atoms with van der Waals surface area (Å²) in [6, 6.07) is 11.5. The molecule has 0 radical (unpaired) electrons. The first kappa shape index (κ1) is 19.0. The van der Waals surface area contributed by atoms with E-state index in [9.17, 15) is 4.79 Å². The Hall–Kier alpha value is -3.35. The number of rotatable bonds is 6. The zero-order valence-corrected chi connectivity index (χ0v) is 16.5. The van der Waals surface area contributed by atoms with Crippen molar-refractivity contribution in [2.24, 2.45) is 0 Å². The second-order valence-electron chi connectivity index (χ2n) is 6.91. The van der Waals surface area contributed by atoms with Crippen LogP contribution in [0.25, 0.3) is 11.1 Å². The smallest absolute Gasteiger partial charge is 0.228 e. The van der Waals surface area contributed by atoms with E-state index in [1.165, 1.54) is 0 Å². The molecular formula is C22H23N3O4. The SMILES string of the molecule is CCOc1ncccc1-c1ccc2c(c1)C(NC(=O)Cc1cc(C)no1)CCO2. The molecule has 1 aliphatic rings. The molecule has 2 aromatic heterocycles. The van der Waals surface area contributed by atoms with Crippen molar-refractivity contribution < 1.29 is 18.8 Å². The molecule has 1 N–H and O–H groups in total. The van der Waals surface area contributed by atoms with Gasteiger partial charge in [0.25, 0.3) is 0 Å². The lowest BCUT2D eigenvalue weighted by atomic mass is 9.95. The number of ether oxygens (including phenoxy) is 2. The largest absolute Gasteiger partial charge is 0.493 e. The number of benzene rings is 1. The first-order chi connectivity index (χ1) is 14.1. The second-order valence-corrected chi connectivity index (χ2v) is 6.91. The fraction of sp³-hybridized carbons (Fsp3) is 0.318. The summed E-state index contributed by atoms with van der Waals surface area (Å²) in [6.45, 7) is 4.85. The monoisotopic (exact) mass is 393 g/mol. The number of pyridine rings is 1. The van der Waals surface area contributed by atoms with Crippen LogP contribution in [0.1, 0.15) is 36.4 Å². The topological polar surface area (TPSA) is 86.5 Å². The van der Waals surface area contributed by atoms with Gasteiger partial charge in [0.15, 0.2) is 0 Å². The van der Waals surface area contributed by atoms with E-state index >= 15 is 0 Å². The number of fused-ring (bicyclic) bond motifs is 1. The number of carbonyl (C=O) groups excluding carboxylic acids is 1. The van der Waals surface area contributed by atoms with Crippen LogP contribution in [0.4, 0.5) is 0 Å². The van der Waals surface area contributed by atoms with Gasteiger partial charge in [-0.25, -0.2) is 4.98 Å². The van der Waals surface area contributed by atoms with Crippen molar-refractivity contribution in [1.82, 2.24) is 15.5 Å². The average molecular weight is 393 g/mol. The Morgan fingerprint density at radius 3 is 3.00 bits per heavy atom. The second kappa shape index (κ2) is 8.34. The van der Waals surface area contributed by atoms with Crippen molar-refractivity contribution in [3.05, 3.63) is 59.6 Å². The highest BCUT2D eigenvalue weighted by Crippen LogP contribution is 2.37. The van der Waals surface area contributed by atoms with Crippen LogP contribution >= 0.6 is 0 Å². The van der Waals surface area contributed by atoms with E-state index in [-0.39, 0.29) is 18.4 Å². The Labute approximate surface area is 169 Å². The van der Waals surface area contributed by atoms with Gasteiger partial charge in [-0.05, 0) is 43.7 Å². The maximum atomic E-state index is 12.5. The molecule has 1 aromatic carbocycles. The van der Waals surface area contributed by atoms with Crippen molar-refractivity contribution in [2.75, 3.05) is 13.2 Å². The van der Waals surface area contributed by atoms with Gasteiger partial charge in [0, 0.05) is 29.8 Å². The molecule has 1 aliphatic heterocycles. The van der Waals surface area contributed by atoms with Crippen LogP contribution in [0.2, 0.25) is 0 Å². The predicted molar refractivity (Wildman–Crippen MR) is 107 cm³/mol. The fourth-order valence-electron chi connectivity index (χ4n) is 3.48. The van der Waals surface area contributed by atoms with Crippen LogP contribution in [-0.2, 0) is 11.2 Å². The van der Waals surface area contributed by atoms with E-state index in [0.29, 0.717) is 31.3 Å². The average Bonchev–Trinajstić information content (AvgIpc) is 3.13. The van der Waals surface area contributed by atoms with Crippen LogP contribution in [0.3, 0.4) is 0 Å². The highest BCUT2D eigenvalue weighted by atomic mass is 16.5. The Morgan fingerprint density at radius 1 is 1.31 bits per heavy atom. The van der Waals surface area contributed by atoms with Crippen LogP contribution in [0.5, 0.6) is 11.6 Å². The highest BCUT2D eigenvalue weighted by molar-refractivity contribution is 5.79. The summed E-state index contributed by atoms with van der Waals surface area (Å²) in [6.07, 6.45) is 2.57. The highest BCUT2D eigenvalue weighted by Gasteiger charge is 2.24. The third-order valence-corrected chi connectivity index (χ3v) is 4.76. The van der Waals surface area contributed by atoms with E-state index in [4.69, 9.17) is 14.0 Å². The molecule has 3 aromatic rings.